The van der Waals surface area contributed by atoms with Crippen molar-refractivity contribution in [3.8, 4) is 0 Å². The van der Waals surface area contributed by atoms with Gasteiger partial charge in [-0.3, -0.25) is 4.79 Å². The van der Waals surface area contributed by atoms with E-state index in [1.54, 1.807) is 18.8 Å². The van der Waals surface area contributed by atoms with Gasteiger partial charge in [0.15, 0.2) is 0 Å². The van der Waals surface area contributed by atoms with Crippen LogP contribution in [-0.4, -0.2) is 59.0 Å². The maximum absolute atomic E-state index is 12.1. The number of ether oxygens (including phenoxy) is 1. The molecule has 0 aromatic rings. The number of fused-ring (bicyclic) bond motifs is 1. The number of esters is 1. The summed E-state index contributed by atoms with van der Waals surface area (Å²) in [6, 6.07) is -0.170. The smallest absolute Gasteiger partial charge is 0.316 e. The molecule has 0 aromatic heterocycles. The molecular formula is C9H12BrNO4S2. The summed E-state index contributed by atoms with van der Waals surface area (Å²) in [6.07, 6.45) is 0.326. The third-order valence-electron chi connectivity index (χ3n) is 3.78. The number of hydrogen-bond donors (Lipinski definition) is 0. The molecule has 8 heteroatoms. The van der Waals surface area contributed by atoms with Gasteiger partial charge in [0.1, 0.15) is 11.4 Å². The quantitative estimate of drug-likeness (QED) is 0.530. The first-order valence-electron chi connectivity index (χ1n) is 5.34. The summed E-state index contributed by atoms with van der Waals surface area (Å²) in [5.41, 5.74) is 0. The SMILES string of the molecule is CN1C2C(OC(=O)CBr)C3CC(C2S3)S1(=O)=O. The van der Waals surface area contributed by atoms with E-state index in [4.69, 9.17) is 4.74 Å². The van der Waals surface area contributed by atoms with E-state index in [0.29, 0.717) is 6.42 Å². The fourth-order valence-corrected chi connectivity index (χ4v) is 7.84. The molecule has 5 unspecified atom stereocenters. The topological polar surface area (TPSA) is 63.7 Å². The van der Waals surface area contributed by atoms with Crippen LogP contribution in [0, 0.1) is 0 Å². The molecule has 3 aliphatic heterocycles. The van der Waals surface area contributed by atoms with Crippen molar-refractivity contribution in [3.63, 3.8) is 0 Å². The number of hydrogen-bond acceptors (Lipinski definition) is 5. The van der Waals surface area contributed by atoms with Crippen molar-refractivity contribution >= 4 is 43.7 Å². The minimum absolute atomic E-state index is 0.0723. The minimum atomic E-state index is -3.18. The third kappa shape index (κ3) is 1.53. The van der Waals surface area contributed by atoms with Gasteiger partial charge >= 0.3 is 5.97 Å². The van der Waals surface area contributed by atoms with E-state index in [2.05, 4.69) is 15.9 Å². The van der Waals surface area contributed by atoms with Crippen molar-refractivity contribution in [2.45, 2.75) is 34.3 Å². The van der Waals surface area contributed by atoms with E-state index in [1.807, 2.05) is 0 Å². The first-order valence-corrected chi connectivity index (χ1v) is 8.91. The minimum Gasteiger partial charge on any atom is -0.459 e. The average Bonchev–Trinajstić information content (AvgIpc) is 2.88. The van der Waals surface area contributed by atoms with Crippen LogP contribution < -0.4 is 0 Å². The van der Waals surface area contributed by atoms with Crippen molar-refractivity contribution in [1.82, 2.24) is 4.31 Å². The van der Waals surface area contributed by atoms with Crippen LogP contribution in [0.3, 0.4) is 0 Å². The number of thioether (sulfide) groups is 1. The molecule has 0 aromatic carbocycles. The zero-order valence-corrected chi connectivity index (χ0v) is 12.3. The Kier molecular flexibility index (Phi) is 2.78. The average molecular weight is 342 g/mol. The standard InChI is InChI=1S/C9H12BrNO4S2/c1-11-7-8(15-6(12)3-10)4-2-5(9(7)16-4)17(11,13)14/h4-5,7-9H,2-3H2,1H3. The molecule has 3 saturated heterocycles. The molecule has 0 N–H and O–H groups in total. The summed E-state index contributed by atoms with van der Waals surface area (Å²) in [5, 5.41) is 0.0882. The fraction of sp³-hybridized carbons (Fsp3) is 0.889. The zero-order valence-electron chi connectivity index (χ0n) is 9.08. The first-order chi connectivity index (χ1) is 7.96. The lowest BCUT2D eigenvalue weighted by Gasteiger charge is -2.26. The molecule has 2 bridgehead atoms. The van der Waals surface area contributed by atoms with Crippen LogP contribution in [0.5, 0.6) is 0 Å². The zero-order chi connectivity index (χ0) is 12.4. The van der Waals surface area contributed by atoms with E-state index in [1.165, 1.54) is 4.31 Å². The van der Waals surface area contributed by atoms with Crippen molar-refractivity contribution in [2.75, 3.05) is 12.4 Å². The number of alkyl halides is 1. The molecule has 17 heavy (non-hydrogen) atoms. The molecule has 5 atom stereocenters. The Morgan fingerprint density at radius 2 is 2.29 bits per heavy atom. The molecule has 3 heterocycles. The van der Waals surface area contributed by atoms with Crippen LogP contribution in [0.4, 0.5) is 0 Å². The Balaban J connectivity index is 1.90. The summed E-state index contributed by atoms with van der Waals surface area (Å²) in [7, 11) is -1.58. The second kappa shape index (κ2) is 3.85. The van der Waals surface area contributed by atoms with Gasteiger partial charge in [-0.15, -0.1) is 11.8 Å². The Morgan fingerprint density at radius 1 is 1.59 bits per heavy atom. The largest absolute Gasteiger partial charge is 0.459 e. The number of sulfonamides is 1. The van der Waals surface area contributed by atoms with Gasteiger partial charge in [-0.25, -0.2) is 8.42 Å². The van der Waals surface area contributed by atoms with E-state index in [9.17, 15) is 13.2 Å². The second-order valence-electron chi connectivity index (χ2n) is 4.55. The molecule has 0 amide bonds. The number of rotatable bonds is 2. The second-order valence-corrected chi connectivity index (χ2v) is 8.75. The summed E-state index contributed by atoms with van der Waals surface area (Å²) in [4.78, 5) is 11.3. The van der Waals surface area contributed by atoms with Crippen molar-refractivity contribution in [3.05, 3.63) is 0 Å². The number of halogens is 1. The molecule has 3 fully saturated rings. The van der Waals surface area contributed by atoms with Crippen molar-refractivity contribution in [2.24, 2.45) is 0 Å². The Morgan fingerprint density at radius 3 is 2.94 bits per heavy atom. The van der Waals surface area contributed by atoms with Gasteiger partial charge in [-0.2, -0.15) is 4.31 Å². The highest BCUT2D eigenvalue weighted by molar-refractivity contribution is 9.09. The Hall–Kier alpha value is 0.210. The van der Waals surface area contributed by atoms with Crippen LogP contribution in [0.25, 0.3) is 0 Å². The monoisotopic (exact) mass is 341 g/mol. The molecule has 0 saturated carbocycles. The van der Waals surface area contributed by atoms with Crippen LogP contribution in [0.2, 0.25) is 0 Å². The predicted molar refractivity (Wildman–Crippen MR) is 67.7 cm³/mol. The normalized spacial score (nSPS) is 46.4. The number of carbonyl (C=O) groups excluding carboxylic acids is 1. The molecule has 0 radical (unpaired) electrons. The van der Waals surface area contributed by atoms with Gasteiger partial charge in [0.05, 0.1) is 11.3 Å². The van der Waals surface area contributed by atoms with Gasteiger partial charge in [-0.05, 0) is 6.42 Å². The van der Waals surface area contributed by atoms with Crippen LogP contribution in [-0.2, 0) is 19.6 Å². The summed E-state index contributed by atoms with van der Waals surface area (Å²) < 4.78 is 30.9. The summed E-state index contributed by atoms with van der Waals surface area (Å²) in [6.45, 7) is 0. The molecule has 5 nitrogen and oxygen atoms in total. The highest BCUT2D eigenvalue weighted by Gasteiger charge is 2.67. The number of likely N-dealkylation sites (N-methyl/N-ethyl adjacent to an activating group) is 1. The molecule has 96 valence electrons. The van der Waals surface area contributed by atoms with Crippen LogP contribution >= 0.6 is 27.7 Å². The van der Waals surface area contributed by atoms with Gasteiger partial charge < -0.3 is 4.74 Å². The molecule has 3 rings (SSSR count). The van der Waals surface area contributed by atoms with E-state index in [-0.39, 0.29) is 39.2 Å². The lowest BCUT2D eigenvalue weighted by atomic mass is 9.92. The Bertz CT molecular complexity index is 468. The lowest BCUT2D eigenvalue weighted by Crippen LogP contribution is -2.45. The van der Waals surface area contributed by atoms with Crippen LogP contribution in [0.1, 0.15) is 6.42 Å². The lowest BCUT2D eigenvalue weighted by molar-refractivity contribution is -0.147. The van der Waals surface area contributed by atoms with E-state index < -0.39 is 10.0 Å². The molecule has 0 spiro atoms. The maximum Gasteiger partial charge on any atom is 0.316 e. The summed E-state index contributed by atoms with van der Waals surface area (Å²) in [5.74, 6) is -0.322. The number of nitrogens with zero attached hydrogens (tertiary/aromatic N) is 1. The van der Waals surface area contributed by atoms with E-state index in [0.717, 1.165) is 0 Å². The van der Waals surface area contributed by atoms with Gasteiger partial charge in [0, 0.05) is 17.5 Å². The van der Waals surface area contributed by atoms with Crippen molar-refractivity contribution < 1.29 is 17.9 Å². The van der Waals surface area contributed by atoms with Crippen molar-refractivity contribution in [1.29, 1.82) is 0 Å². The highest BCUT2D eigenvalue weighted by Crippen LogP contribution is 2.56. The Labute approximate surface area is 112 Å². The fourth-order valence-electron chi connectivity index (χ4n) is 3.04. The number of carbonyl (C=O) groups is 1. The first kappa shape index (κ1) is 12.3. The maximum atomic E-state index is 12.1. The third-order valence-corrected chi connectivity index (χ3v) is 8.44. The predicted octanol–water partition coefficient (Wildman–Crippen LogP) is 0.193. The van der Waals surface area contributed by atoms with Gasteiger partial charge in [0.2, 0.25) is 10.0 Å². The molecule has 0 aliphatic carbocycles. The molecule has 3 aliphatic rings. The van der Waals surface area contributed by atoms with Crippen LogP contribution in [0.15, 0.2) is 0 Å². The molecular weight excluding hydrogens is 330 g/mol. The van der Waals surface area contributed by atoms with Gasteiger partial charge in [-0.1, -0.05) is 15.9 Å². The highest BCUT2D eigenvalue weighted by atomic mass is 79.9. The van der Waals surface area contributed by atoms with Gasteiger partial charge in [0.25, 0.3) is 0 Å². The summed E-state index contributed by atoms with van der Waals surface area (Å²) >= 11 is 4.72. The van der Waals surface area contributed by atoms with E-state index >= 15 is 0 Å².